The molecule has 0 atom stereocenters. The molecule has 0 aliphatic heterocycles. The lowest BCUT2D eigenvalue weighted by atomic mass is 10.1. The second kappa shape index (κ2) is 9.58. The fourth-order valence-corrected chi connectivity index (χ4v) is 3.21. The summed E-state index contributed by atoms with van der Waals surface area (Å²) in [6, 6.07) is 16.1. The monoisotopic (exact) mass is 467 g/mol. The molecule has 0 aliphatic rings. The van der Waals surface area contributed by atoms with E-state index in [1.54, 1.807) is 6.20 Å². The summed E-state index contributed by atoms with van der Waals surface area (Å²) >= 11 is 5.80. The number of aromatic nitrogens is 3. The van der Waals surface area contributed by atoms with Crippen LogP contribution in [0.15, 0.2) is 66.9 Å². The van der Waals surface area contributed by atoms with Gasteiger partial charge in [0.25, 0.3) is 11.8 Å². The number of nitrogens with zero attached hydrogens (tertiary/aromatic N) is 2. The lowest BCUT2D eigenvalue weighted by molar-refractivity contribution is 0.0945. The van der Waals surface area contributed by atoms with E-state index in [4.69, 9.17) is 11.6 Å². The molecule has 0 fully saturated rings. The van der Waals surface area contributed by atoms with E-state index in [0.717, 1.165) is 16.8 Å². The van der Waals surface area contributed by atoms with Crippen molar-refractivity contribution in [2.45, 2.75) is 6.54 Å². The summed E-state index contributed by atoms with van der Waals surface area (Å²) in [5.74, 6) is -3.56. The Labute approximate surface area is 191 Å². The third-order valence-corrected chi connectivity index (χ3v) is 4.97. The van der Waals surface area contributed by atoms with Crippen LogP contribution in [0.25, 0.3) is 11.3 Å². The number of amides is 2. The minimum atomic E-state index is -1.21. The van der Waals surface area contributed by atoms with E-state index in [0.29, 0.717) is 12.1 Å². The molecule has 2 aromatic heterocycles. The van der Waals surface area contributed by atoms with Gasteiger partial charge < -0.3 is 10.6 Å². The van der Waals surface area contributed by atoms with Crippen molar-refractivity contribution >= 4 is 29.2 Å². The van der Waals surface area contributed by atoms with Crippen molar-refractivity contribution in [3.63, 3.8) is 0 Å². The summed E-state index contributed by atoms with van der Waals surface area (Å²) in [6.45, 7) is 0.222. The molecule has 166 valence electrons. The smallest absolute Gasteiger partial charge is 0.272 e. The number of carbonyl (C=O) groups excluding carboxylic acids is 2. The number of aromatic amines is 1. The molecule has 0 saturated carbocycles. The van der Waals surface area contributed by atoms with E-state index >= 15 is 0 Å². The average molecular weight is 468 g/mol. The van der Waals surface area contributed by atoms with Gasteiger partial charge in [-0.25, -0.2) is 8.78 Å². The van der Waals surface area contributed by atoms with Gasteiger partial charge in [-0.05, 0) is 23.8 Å². The first-order valence-electron chi connectivity index (χ1n) is 9.70. The average Bonchev–Trinajstić information content (AvgIpc) is 3.29. The van der Waals surface area contributed by atoms with Gasteiger partial charge in [-0.3, -0.25) is 19.7 Å². The third-order valence-electron chi connectivity index (χ3n) is 4.66. The molecule has 0 bridgehead atoms. The molecule has 2 aromatic carbocycles. The van der Waals surface area contributed by atoms with Gasteiger partial charge in [0.2, 0.25) is 0 Å². The van der Waals surface area contributed by atoms with Gasteiger partial charge in [-0.1, -0.05) is 48.0 Å². The Morgan fingerprint density at radius 1 is 0.970 bits per heavy atom. The largest absolute Gasteiger partial charge is 0.347 e. The first-order chi connectivity index (χ1) is 15.9. The fraction of sp³-hybridized carbons (Fsp3) is 0.0435. The van der Waals surface area contributed by atoms with Crippen LogP contribution >= 0.6 is 11.6 Å². The van der Waals surface area contributed by atoms with Crippen LogP contribution in [0.1, 0.15) is 26.4 Å². The first kappa shape index (κ1) is 22.1. The van der Waals surface area contributed by atoms with Crippen LogP contribution in [-0.2, 0) is 6.54 Å². The Morgan fingerprint density at radius 3 is 2.45 bits per heavy atom. The number of pyridine rings is 1. The molecule has 7 nitrogen and oxygen atoms in total. The Morgan fingerprint density at radius 2 is 1.73 bits per heavy atom. The summed E-state index contributed by atoms with van der Waals surface area (Å²) in [4.78, 5) is 29.1. The maximum absolute atomic E-state index is 13.4. The molecule has 2 amide bonds. The van der Waals surface area contributed by atoms with E-state index in [1.807, 2.05) is 42.5 Å². The van der Waals surface area contributed by atoms with Crippen LogP contribution in [0, 0.1) is 11.6 Å². The molecule has 2 heterocycles. The van der Waals surface area contributed by atoms with Crippen molar-refractivity contribution in [3.05, 3.63) is 100 Å². The SMILES string of the molecule is O=C(NCc1ccc(-c2ccccc2)nc1)c1cc(NC(=O)c2cc(F)c(F)cc2Cl)[nH]n1. The van der Waals surface area contributed by atoms with E-state index < -0.39 is 23.4 Å². The number of anilines is 1. The third kappa shape index (κ3) is 5.21. The van der Waals surface area contributed by atoms with Gasteiger partial charge in [0.15, 0.2) is 17.3 Å². The molecule has 4 aromatic rings. The van der Waals surface area contributed by atoms with E-state index in [9.17, 15) is 18.4 Å². The Bertz CT molecular complexity index is 1310. The minimum absolute atomic E-state index is 0.0237. The summed E-state index contributed by atoms with van der Waals surface area (Å²) in [5, 5.41) is 11.2. The number of H-pyrrole nitrogens is 1. The zero-order chi connectivity index (χ0) is 23.4. The minimum Gasteiger partial charge on any atom is -0.347 e. The molecule has 0 unspecified atom stereocenters. The molecule has 10 heteroatoms. The molecule has 3 N–H and O–H groups in total. The molecule has 33 heavy (non-hydrogen) atoms. The lowest BCUT2D eigenvalue weighted by Crippen LogP contribution is -2.23. The molecule has 0 spiro atoms. The highest BCUT2D eigenvalue weighted by molar-refractivity contribution is 6.34. The molecule has 4 rings (SSSR count). The maximum Gasteiger partial charge on any atom is 0.272 e. The number of halogens is 3. The number of hydrogen-bond acceptors (Lipinski definition) is 4. The Balaban J connectivity index is 1.35. The van der Waals surface area contributed by atoms with Crippen LogP contribution in [-0.4, -0.2) is 27.0 Å². The van der Waals surface area contributed by atoms with Gasteiger partial charge in [0, 0.05) is 24.4 Å². The molecule has 0 aliphatic carbocycles. The highest BCUT2D eigenvalue weighted by Crippen LogP contribution is 2.21. The van der Waals surface area contributed by atoms with Crippen molar-refractivity contribution < 1.29 is 18.4 Å². The van der Waals surface area contributed by atoms with Crippen molar-refractivity contribution in [3.8, 4) is 11.3 Å². The van der Waals surface area contributed by atoms with E-state index in [-0.39, 0.29) is 28.6 Å². The quantitative estimate of drug-likeness (QED) is 0.361. The van der Waals surface area contributed by atoms with Crippen molar-refractivity contribution in [1.29, 1.82) is 0 Å². The van der Waals surface area contributed by atoms with Crippen LogP contribution in [0.5, 0.6) is 0 Å². The predicted molar refractivity (Wildman–Crippen MR) is 119 cm³/mol. The summed E-state index contributed by atoms with van der Waals surface area (Å²) in [7, 11) is 0. The fourth-order valence-electron chi connectivity index (χ4n) is 2.97. The first-order valence-corrected chi connectivity index (χ1v) is 10.1. The van der Waals surface area contributed by atoms with Gasteiger partial charge in [-0.2, -0.15) is 5.10 Å². The normalized spacial score (nSPS) is 10.6. The van der Waals surface area contributed by atoms with E-state index in [2.05, 4.69) is 25.8 Å². The maximum atomic E-state index is 13.4. The Hall–Kier alpha value is -4.11. The number of benzene rings is 2. The number of carbonyl (C=O) groups is 2. The van der Waals surface area contributed by atoms with Crippen LogP contribution in [0.3, 0.4) is 0 Å². The van der Waals surface area contributed by atoms with Crippen LogP contribution in [0.2, 0.25) is 5.02 Å². The zero-order valence-corrected chi connectivity index (χ0v) is 17.7. The summed E-state index contributed by atoms with van der Waals surface area (Å²) < 4.78 is 26.6. The molecular weight excluding hydrogens is 452 g/mol. The molecule has 0 saturated heterocycles. The van der Waals surface area contributed by atoms with E-state index in [1.165, 1.54) is 6.07 Å². The zero-order valence-electron chi connectivity index (χ0n) is 16.9. The lowest BCUT2D eigenvalue weighted by Gasteiger charge is -2.05. The second-order valence-corrected chi connectivity index (χ2v) is 7.37. The predicted octanol–water partition coefficient (Wildman–Crippen LogP) is 4.59. The second-order valence-electron chi connectivity index (χ2n) is 6.97. The van der Waals surface area contributed by atoms with Crippen molar-refractivity contribution in [2.24, 2.45) is 0 Å². The topological polar surface area (TPSA) is 99.8 Å². The number of rotatable bonds is 6. The number of nitrogens with one attached hydrogen (secondary N) is 3. The molecular formula is C23H16ClF2N5O2. The van der Waals surface area contributed by atoms with Gasteiger partial charge >= 0.3 is 0 Å². The summed E-state index contributed by atoms with van der Waals surface area (Å²) in [5.41, 5.74) is 2.36. The van der Waals surface area contributed by atoms with Gasteiger partial charge in [0.05, 0.1) is 16.3 Å². The van der Waals surface area contributed by atoms with Crippen LogP contribution < -0.4 is 10.6 Å². The van der Waals surface area contributed by atoms with Crippen molar-refractivity contribution in [1.82, 2.24) is 20.5 Å². The number of hydrogen-bond donors (Lipinski definition) is 3. The standard InChI is InChI=1S/C23H16ClF2N5O2/c24-16-9-18(26)17(25)8-15(16)22(32)29-21-10-20(30-31-21)23(33)28-12-13-6-7-19(27-11-13)14-4-2-1-3-5-14/h1-11H,12H2,(H,28,33)(H2,29,30,31,32). The van der Waals surface area contributed by atoms with Gasteiger partial charge in [-0.15, -0.1) is 0 Å². The van der Waals surface area contributed by atoms with Crippen molar-refractivity contribution in [2.75, 3.05) is 5.32 Å². The highest BCUT2D eigenvalue weighted by Gasteiger charge is 2.17. The summed E-state index contributed by atoms with van der Waals surface area (Å²) in [6.07, 6.45) is 1.67. The van der Waals surface area contributed by atoms with Gasteiger partial charge in [0.1, 0.15) is 5.82 Å². The highest BCUT2D eigenvalue weighted by atomic mass is 35.5. The molecule has 0 radical (unpaired) electrons. The van der Waals surface area contributed by atoms with Crippen LogP contribution in [0.4, 0.5) is 14.6 Å². The Kier molecular flexibility index (Phi) is 6.41.